The van der Waals surface area contributed by atoms with E-state index in [2.05, 4.69) is 5.32 Å². The number of carbonyl (C=O) groups excluding carboxylic acids is 1. The lowest BCUT2D eigenvalue weighted by Gasteiger charge is -2.18. The highest BCUT2D eigenvalue weighted by Gasteiger charge is 2.29. The number of aliphatic carboxylic acids is 1. The molecule has 1 atom stereocenters. The van der Waals surface area contributed by atoms with Crippen molar-refractivity contribution < 1.29 is 31.6 Å². The van der Waals surface area contributed by atoms with E-state index < -0.39 is 18.1 Å². The van der Waals surface area contributed by atoms with Gasteiger partial charge in [-0.15, -0.1) is 0 Å². The third kappa shape index (κ3) is 4.77. The maximum atomic E-state index is 12.6. The predicted octanol–water partition coefficient (Wildman–Crippen LogP) is 4.24. The standard InChI is InChI=1S/C26H25NO6/c1-31-17-11-16(12-18(14-17)32-2)13-24(25(28)29)27-26(30)33-15-23-21-9-5-3-7-19(21)20-8-4-6-10-22(20)23/h3-12,14,23-24H,13,15H2,1-2H3,(H,27,30)(H,28,29)/t24-/m0/s1/i1D,2D. The monoisotopic (exact) mass is 449 g/mol. The van der Waals surface area contributed by atoms with Crippen molar-refractivity contribution in [3.63, 3.8) is 0 Å². The number of fused-ring (bicyclic) bond motifs is 3. The number of benzene rings is 3. The molecule has 0 bridgehead atoms. The van der Waals surface area contributed by atoms with Crippen LogP contribution in [0.1, 0.15) is 25.3 Å². The Morgan fingerprint density at radius 1 is 0.970 bits per heavy atom. The third-order valence-electron chi connectivity index (χ3n) is 5.65. The molecule has 170 valence electrons. The normalized spacial score (nSPS) is 13.7. The first kappa shape index (κ1) is 19.7. The second-order valence-electron chi connectivity index (χ2n) is 7.67. The van der Waals surface area contributed by atoms with E-state index in [0.717, 1.165) is 22.3 Å². The Kier molecular flexibility index (Phi) is 5.75. The molecule has 0 aromatic heterocycles. The van der Waals surface area contributed by atoms with Gasteiger partial charge in [0.15, 0.2) is 0 Å². The molecule has 0 fully saturated rings. The fourth-order valence-electron chi connectivity index (χ4n) is 4.13. The van der Waals surface area contributed by atoms with Gasteiger partial charge >= 0.3 is 12.1 Å². The Morgan fingerprint density at radius 2 is 1.55 bits per heavy atom. The van der Waals surface area contributed by atoms with Crippen LogP contribution in [0.5, 0.6) is 11.5 Å². The Hall–Kier alpha value is -4.00. The first-order valence-corrected chi connectivity index (χ1v) is 10.3. The smallest absolute Gasteiger partial charge is 0.407 e. The zero-order chi connectivity index (χ0) is 24.8. The number of amides is 1. The van der Waals surface area contributed by atoms with E-state index in [1.807, 2.05) is 48.5 Å². The Bertz CT molecular complexity index is 1150. The highest BCUT2D eigenvalue weighted by molar-refractivity contribution is 5.81. The van der Waals surface area contributed by atoms with Crippen molar-refractivity contribution >= 4 is 12.1 Å². The van der Waals surface area contributed by atoms with Crippen LogP contribution < -0.4 is 14.8 Å². The van der Waals surface area contributed by atoms with Crippen molar-refractivity contribution in [2.45, 2.75) is 18.4 Å². The molecular weight excluding hydrogens is 422 g/mol. The van der Waals surface area contributed by atoms with E-state index in [9.17, 15) is 14.7 Å². The summed E-state index contributed by atoms with van der Waals surface area (Å²) in [6, 6.07) is 19.3. The summed E-state index contributed by atoms with van der Waals surface area (Å²) in [6.45, 7) is 0.0700. The number of hydrogen-bond donors (Lipinski definition) is 2. The van der Waals surface area contributed by atoms with E-state index in [1.165, 1.54) is 6.07 Å². The fraction of sp³-hybridized carbons (Fsp3) is 0.231. The van der Waals surface area contributed by atoms with Crippen molar-refractivity contribution in [2.24, 2.45) is 0 Å². The van der Waals surface area contributed by atoms with Crippen molar-refractivity contribution in [3.8, 4) is 22.6 Å². The Labute approximate surface area is 194 Å². The van der Waals surface area contributed by atoms with Crippen LogP contribution in [0.3, 0.4) is 0 Å². The number of nitrogens with one attached hydrogen (secondary N) is 1. The molecule has 3 aromatic carbocycles. The molecular formula is C26H25NO6. The summed E-state index contributed by atoms with van der Waals surface area (Å²) in [6.07, 6.45) is -0.899. The molecule has 0 aliphatic heterocycles. The van der Waals surface area contributed by atoms with Crippen LogP contribution in [0, 0.1) is 0 Å². The minimum absolute atomic E-state index is 0.0664. The zero-order valence-electron chi connectivity index (χ0n) is 19.8. The van der Waals surface area contributed by atoms with Crippen LogP contribution in [-0.4, -0.2) is 44.0 Å². The number of carboxylic acids is 1. The van der Waals surface area contributed by atoms with Gasteiger partial charge < -0.3 is 24.6 Å². The third-order valence-corrected chi connectivity index (χ3v) is 5.65. The van der Waals surface area contributed by atoms with Gasteiger partial charge in [-0.05, 0) is 39.9 Å². The molecule has 4 rings (SSSR count). The van der Waals surface area contributed by atoms with E-state index in [-0.39, 0.29) is 33.1 Å². The topological polar surface area (TPSA) is 94.1 Å². The maximum Gasteiger partial charge on any atom is 0.407 e. The van der Waals surface area contributed by atoms with Gasteiger partial charge in [0.25, 0.3) is 0 Å². The minimum atomic E-state index is -1.26. The van der Waals surface area contributed by atoms with Gasteiger partial charge in [-0.3, -0.25) is 0 Å². The van der Waals surface area contributed by atoms with Crippen LogP contribution in [0.25, 0.3) is 11.1 Å². The Balaban J connectivity index is 1.44. The van der Waals surface area contributed by atoms with Crippen LogP contribution in [-0.2, 0) is 16.0 Å². The van der Waals surface area contributed by atoms with Crippen molar-refractivity contribution in [2.75, 3.05) is 20.8 Å². The summed E-state index contributed by atoms with van der Waals surface area (Å²) in [5, 5.41) is 12.1. The van der Waals surface area contributed by atoms with E-state index >= 15 is 0 Å². The molecule has 0 spiro atoms. The first-order valence-electron chi connectivity index (χ1n) is 11.7. The molecule has 0 radical (unpaired) electrons. The van der Waals surface area contributed by atoms with E-state index in [4.69, 9.17) is 17.0 Å². The second-order valence-corrected chi connectivity index (χ2v) is 7.67. The lowest BCUT2D eigenvalue weighted by molar-refractivity contribution is -0.139. The average molecular weight is 449 g/mol. The molecule has 0 unspecified atom stereocenters. The highest BCUT2D eigenvalue weighted by Crippen LogP contribution is 2.44. The highest BCUT2D eigenvalue weighted by atomic mass is 16.5. The summed E-state index contributed by atoms with van der Waals surface area (Å²) in [4.78, 5) is 24.4. The van der Waals surface area contributed by atoms with Gasteiger partial charge in [0.05, 0.1) is 16.9 Å². The number of alkyl carbamates (subject to hydrolysis) is 1. The molecule has 1 amide bonds. The van der Waals surface area contributed by atoms with Gasteiger partial charge in [0.2, 0.25) is 0 Å². The van der Waals surface area contributed by atoms with Gasteiger partial charge in [-0.1, -0.05) is 48.5 Å². The molecule has 33 heavy (non-hydrogen) atoms. The summed E-state index contributed by atoms with van der Waals surface area (Å²) in [5.41, 5.74) is 4.82. The first-order chi connectivity index (χ1) is 17.0. The second kappa shape index (κ2) is 9.65. The summed E-state index contributed by atoms with van der Waals surface area (Å²) in [5.74, 6) is -0.745. The summed E-state index contributed by atoms with van der Waals surface area (Å²) < 4.78 is 30.3. The number of carbonyl (C=O) groups is 2. The molecule has 3 aromatic rings. The van der Waals surface area contributed by atoms with Gasteiger partial charge in [-0.2, -0.15) is 0 Å². The lowest BCUT2D eigenvalue weighted by atomic mass is 9.98. The molecule has 1 aliphatic carbocycles. The lowest BCUT2D eigenvalue weighted by Crippen LogP contribution is -2.42. The number of carboxylic acid groups (broad SMARTS) is 1. The van der Waals surface area contributed by atoms with Crippen LogP contribution >= 0.6 is 0 Å². The minimum Gasteiger partial charge on any atom is -0.497 e. The number of ether oxygens (including phenoxy) is 3. The average Bonchev–Trinajstić information content (AvgIpc) is 3.16. The largest absolute Gasteiger partial charge is 0.497 e. The van der Waals surface area contributed by atoms with Crippen molar-refractivity contribution in [3.05, 3.63) is 83.4 Å². The van der Waals surface area contributed by atoms with Crippen molar-refractivity contribution in [1.82, 2.24) is 5.32 Å². The van der Waals surface area contributed by atoms with Gasteiger partial charge in [-0.25, -0.2) is 9.59 Å². The molecule has 0 saturated carbocycles. The van der Waals surface area contributed by atoms with E-state index in [1.54, 1.807) is 12.1 Å². The predicted molar refractivity (Wildman–Crippen MR) is 123 cm³/mol. The van der Waals surface area contributed by atoms with Crippen molar-refractivity contribution in [1.29, 1.82) is 0 Å². The fourth-order valence-corrected chi connectivity index (χ4v) is 4.13. The SMILES string of the molecule is [2H]COc1cc(C[C@H](NC(=O)OCC2c3ccccc3-c3ccccc32)C(=O)O)cc(OC[2H])c1. The van der Waals surface area contributed by atoms with Gasteiger partial charge in [0.1, 0.15) is 24.1 Å². The number of methoxy groups -OCH3 is 2. The molecule has 1 aliphatic rings. The van der Waals surface area contributed by atoms with Crippen LogP contribution in [0.2, 0.25) is 0 Å². The molecule has 7 heteroatoms. The van der Waals surface area contributed by atoms with Crippen LogP contribution in [0.15, 0.2) is 66.7 Å². The Morgan fingerprint density at radius 3 is 2.09 bits per heavy atom. The van der Waals surface area contributed by atoms with E-state index in [0.29, 0.717) is 17.1 Å². The number of rotatable bonds is 8. The quantitative estimate of drug-likeness (QED) is 0.534. The molecule has 2 N–H and O–H groups in total. The van der Waals surface area contributed by atoms with Gasteiger partial charge in [0, 0.05) is 18.4 Å². The molecule has 0 saturated heterocycles. The summed E-state index contributed by atoms with van der Waals surface area (Å²) >= 11 is 0. The zero-order valence-corrected chi connectivity index (χ0v) is 17.8. The number of hydrogen-bond acceptors (Lipinski definition) is 5. The summed E-state index contributed by atoms with van der Waals surface area (Å²) in [7, 11) is -0.658. The maximum absolute atomic E-state index is 12.6. The molecule has 0 heterocycles. The van der Waals surface area contributed by atoms with Crippen LogP contribution in [0.4, 0.5) is 4.79 Å². The molecule has 7 nitrogen and oxygen atoms in total.